The SMILES string of the molecule is CC1CC1CN(C)C(=O)[C@H](N)Cc1c[nH]c2ccccc12. The molecule has 112 valence electrons. The summed E-state index contributed by atoms with van der Waals surface area (Å²) >= 11 is 0. The summed E-state index contributed by atoms with van der Waals surface area (Å²) in [6.07, 6.45) is 3.77. The van der Waals surface area contributed by atoms with E-state index in [2.05, 4.69) is 18.0 Å². The highest BCUT2D eigenvalue weighted by Gasteiger charge is 2.34. The van der Waals surface area contributed by atoms with E-state index in [-0.39, 0.29) is 5.91 Å². The molecule has 0 aliphatic heterocycles. The van der Waals surface area contributed by atoms with Crippen molar-refractivity contribution in [1.29, 1.82) is 0 Å². The first kappa shape index (κ1) is 14.1. The predicted octanol–water partition coefficient (Wildman–Crippen LogP) is 2.15. The molecule has 0 radical (unpaired) electrons. The van der Waals surface area contributed by atoms with E-state index < -0.39 is 6.04 Å². The molecule has 0 saturated heterocycles. The molecule has 0 bridgehead atoms. The van der Waals surface area contributed by atoms with Gasteiger partial charge < -0.3 is 15.6 Å². The van der Waals surface area contributed by atoms with Crippen LogP contribution < -0.4 is 5.73 Å². The van der Waals surface area contributed by atoms with Crippen molar-refractivity contribution in [1.82, 2.24) is 9.88 Å². The van der Waals surface area contributed by atoms with Crippen LogP contribution >= 0.6 is 0 Å². The first-order valence-electron chi connectivity index (χ1n) is 7.62. The molecular formula is C17H23N3O. The summed E-state index contributed by atoms with van der Waals surface area (Å²) in [7, 11) is 1.86. The number of amides is 1. The number of H-pyrrole nitrogens is 1. The van der Waals surface area contributed by atoms with Crippen molar-refractivity contribution >= 4 is 16.8 Å². The van der Waals surface area contributed by atoms with E-state index in [9.17, 15) is 4.79 Å². The van der Waals surface area contributed by atoms with Crippen LogP contribution in [0.15, 0.2) is 30.5 Å². The maximum atomic E-state index is 12.4. The minimum atomic E-state index is -0.469. The van der Waals surface area contributed by atoms with Gasteiger partial charge in [-0.25, -0.2) is 0 Å². The van der Waals surface area contributed by atoms with Gasteiger partial charge in [0.25, 0.3) is 0 Å². The Labute approximate surface area is 125 Å². The molecule has 3 N–H and O–H groups in total. The Kier molecular flexibility index (Phi) is 3.72. The van der Waals surface area contributed by atoms with E-state index >= 15 is 0 Å². The van der Waals surface area contributed by atoms with Crippen LogP contribution in [0.3, 0.4) is 0 Å². The van der Waals surface area contributed by atoms with Crippen LogP contribution in [0.5, 0.6) is 0 Å². The molecule has 1 saturated carbocycles. The Bertz CT molecular complexity index is 648. The van der Waals surface area contributed by atoms with E-state index in [0.29, 0.717) is 12.3 Å². The van der Waals surface area contributed by atoms with Crippen LogP contribution in [-0.4, -0.2) is 35.4 Å². The molecule has 1 aromatic heterocycles. The van der Waals surface area contributed by atoms with Crippen molar-refractivity contribution in [2.75, 3.05) is 13.6 Å². The predicted molar refractivity (Wildman–Crippen MR) is 84.9 cm³/mol. The standard InChI is InChI=1S/C17H23N3O/c1-11-7-13(11)10-20(2)17(21)15(18)8-12-9-19-16-6-4-3-5-14(12)16/h3-6,9,11,13,15,19H,7-8,10,18H2,1-2H3/t11?,13?,15-/m1/s1. The zero-order chi connectivity index (χ0) is 15.0. The second-order valence-electron chi connectivity index (χ2n) is 6.36. The van der Waals surface area contributed by atoms with Gasteiger partial charge in [-0.05, 0) is 36.3 Å². The number of rotatable bonds is 5. The van der Waals surface area contributed by atoms with Gasteiger partial charge in [0.1, 0.15) is 0 Å². The summed E-state index contributed by atoms with van der Waals surface area (Å²) in [5.74, 6) is 1.46. The van der Waals surface area contributed by atoms with E-state index in [0.717, 1.165) is 28.9 Å². The molecule has 3 atom stereocenters. The topological polar surface area (TPSA) is 62.1 Å². The maximum absolute atomic E-state index is 12.4. The molecule has 21 heavy (non-hydrogen) atoms. The number of fused-ring (bicyclic) bond motifs is 1. The quantitative estimate of drug-likeness (QED) is 0.884. The van der Waals surface area contributed by atoms with Gasteiger partial charge in [0.05, 0.1) is 6.04 Å². The van der Waals surface area contributed by atoms with Crippen LogP contribution in [0.4, 0.5) is 0 Å². The van der Waals surface area contributed by atoms with E-state index in [1.54, 1.807) is 4.90 Å². The second-order valence-corrected chi connectivity index (χ2v) is 6.36. The van der Waals surface area contributed by atoms with Gasteiger partial charge in [-0.15, -0.1) is 0 Å². The number of para-hydroxylation sites is 1. The minimum Gasteiger partial charge on any atom is -0.361 e. The number of nitrogens with zero attached hydrogens (tertiary/aromatic N) is 1. The van der Waals surface area contributed by atoms with E-state index in [1.165, 1.54) is 6.42 Å². The lowest BCUT2D eigenvalue weighted by Crippen LogP contribution is -2.43. The Morgan fingerprint density at radius 1 is 1.48 bits per heavy atom. The monoisotopic (exact) mass is 285 g/mol. The van der Waals surface area contributed by atoms with Crippen molar-refractivity contribution in [2.24, 2.45) is 17.6 Å². The van der Waals surface area contributed by atoms with Gasteiger partial charge in [-0.3, -0.25) is 4.79 Å². The zero-order valence-corrected chi connectivity index (χ0v) is 12.7. The van der Waals surface area contributed by atoms with Gasteiger partial charge in [0.2, 0.25) is 5.91 Å². The number of benzene rings is 1. The average molecular weight is 285 g/mol. The number of carbonyl (C=O) groups is 1. The highest BCUT2D eigenvalue weighted by atomic mass is 16.2. The highest BCUT2D eigenvalue weighted by molar-refractivity contribution is 5.86. The third-order valence-electron chi connectivity index (χ3n) is 4.59. The van der Waals surface area contributed by atoms with Crippen molar-refractivity contribution in [3.8, 4) is 0 Å². The van der Waals surface area contributed by atoms with E-state index in [1.807, 2.05) is 31.4 Å². The molecule has 2 unspecified atom stereocenters. The van der Waals surface area contributed by atoms with Gasteiger partial charge in [-0.1, -0.05) is 25.1 Å². The molecular weight excluding hydrogens is 262 g/mol. The van der Waals surface area contributed by atoms with Crippen molar-refractivity contribution in [3.63, 3.8) is 0 Å². The lowest BCUT2D eigenvalue weighted by Gasteiger charge is -2.21. The fourth-order valence-electron chi connectivity index (χ4n) is 3.00. The summed E-state index contributed by atoms with van der Waals surface area (Å²) in [6.45, 7) is 3.07. The summed E-state index contributed by atoms with van der Waals surface area (Å²) in [5.41, 5.74) is 8.33. The lowest BCUT2D eigenvalue weighted by molar-refractivity contribution is -0.131. The molecule has 4 nitrogen and oxygen atoms in total. The van der Waals surface area contributed by atoms with Gasteiger partial charge >= 0.3 is 0 Å². The number of nitrogens with one attached hydrogen (secondary N) is 1. The average Bonchev–Trinajstić information content (AvgIpc) is 3.01. The first-order chi connectivity index (χ1) is 10.1. The van der Waals surface area contributed by atoms with Gasteiger partial charge in [-0.2, -0.15) is 0 Å². The number of likely N-dealkylation sites (N-methyl/N-ethyl adjacent to an activating group) is 1. The number of hydrogen-bond donors (Lipinski definition) is 2. The smallest absolute Gasteiger partial charge is 0.239 e. The fraction of sp³-hybridized carbons (Fsp3) is 0.471. The van der Waals surface area contributed by atoms with Crippen molar-refractivity contribution < 1.29 is 4.79 Å². The normalized spacial score (nSPS) is 22.2. The summed E-state index contributed by atoms with van der Waals surface area (Å²) in [5, 5.41) is 1.15. The maximum Gasteiger partial charge on any atom is 0.239 e. The largest absolute Gasteiger partial charge is 0.361 e. The summed E-state index contributed by atoms with van der Waals surface area (Å²) in [4.78, 5) is 17.4. The third kappa shape index (κ3) is 2.95. The van der Waals surface area contributed by atoms with Crippen LogP contribution in [0.25, 0.3) is 10.9 Å². The van der Waals surface area contributed by atoms with Gasteiger partial charge in [0.15, 0.2) is 0 Å². The molecule has 1 aliphatic carbocycles. The molecule has 0 spiro atoms. The molecule has 4 heteroatoms. The Balaban J connectivity index is 1.65. The minimum absolute atomic E-state index is 0.0411. The first-order valence-corrected chi connectivity index (χ1v) is 7.62. The van der Waals surface area contributed by atoms with Crippen LogP contribution in [0.1, 0.15) is 18.9 Å². The number of hydrogen-bond acceptors (Lipinski definition) is 2. The zero-order valence-electron chi connectivity index (χ0n) is 12.7. The Morgan fingerprint density at radius 3 is 2.90 bits per heavy atom. The number of aromatic amines is 1. The van der Waals surface area contributed by atoms with E-state index in [4.69, 9.17) is 5.73 Å². The lowest BCUT2D eigenvalue weighted by atomic mass is 10.0. The van der Waals surface area contributed by atoms with Crippen LogP contribution in [-0.2, 0) is 11.2 Å². The molecule has 1 aromatic carbocycles. The second kappa shape index (κ2) is 5.53. The Hall–Kier alpha value is -1.81. The fourth-order valence-corrected chi connectivity index (χ4v) is 3.00. The molecule has 2 aromatic rings. The van der Waals surface area contributed by atoms with Crippen molar-refractivity contribution in [2.45, 2.75) is 25.8 Å². The molecule has 1 fully saturated rings. The molecule has 1 aliphatic rings. The van der Waals surface area contributed by atoms with Crippen LogP contribution in [0, 0.1) is 11.8 Å². The molecule has 1 heterocycles. The number of carbonyl (C=O) groups excluding carboxylic acids is 1. The molecule has 1 amide bonds. The van der Waals surface area contributed by atoms with Crippen LogP contribution in [0.2, 0.25) is 0 Å². The highest BCUT2D eigenvalue weighted by Crippen LogP contribution is 2.38. The van der Waals surface area contributed by atoms with Gasteiger partial charge in [0, 0.05) is 30.7 Å². The molecule has 3 rings (SSSR count). The summed E-state index contributed by atoms with van der Waals surface area (Å²) in [6, 6.07) is 7.63. The number of nitrogens with two attached hydrogens (primary N) is 1. The Morgan fingerprint density at radius 2 is 2.19 bits per heavy atom. The summed E-state index contributed by atoms with van der Waals surface area (Å²) < 4.78 is 0. The van der Waals surface area contributed by atoms with Crippen molar-refractivity contribution in [3.05, 3.63) is 36.0 Å². The number of aromatic nitrogens is 1. The third-order valence-corrected chi connectivity index (χ3v) is 4.59.